The molecule has 1 unspecified atom stereocenters. The number of carbonyl (C=O) groups is 3. The van der Waals surface area contributed by atoms with Gasteiger partial charge in [0, 0.05) is 19.3 Å². The van der Waals surface area contributed by atoms with E-state index in [2.05, 4.69) is 81.5 Å². The fourth-order valence-corrected chi connectivity index (χ4v) is 7.86. The molecular formula is C59H104O6. The summed E-state index contributed by atoms with van der Waals surface area (Å²) in [5.74, 6) is -0.900. The number of unbranched alkanes of at least 4 members (excludes halogenated alkanes) is 32. The highest BCUT2D eigenvalue weighted by Crippen LogP contribution is 2.16. The Balaban J connectivity index is 4.42. The van der Waals surface area contributed by atoms with Crippen LogP contribution in [0.2, 0.25) is 0 Å². The molecule has 0 aromatic rings. The van der Waals surface area contributed by atoms with Crippen molar-refractivity contribution in [1.82, 2.24) is 0 Å². The van der Waals surface area contributed by atoms with Gasteiger partial charge in [0.15, 0.2) is 6.10 Å². The Morgan fingerprint density at radius 1 is 0.308 bits per heavy atom. The van der Waals surface area contributed by atoms with Gasteiger partial charge < -0.3 is 14.2 Å². The van der Waals surface area contributed by atoms with Gasteiger partial charge in [0.25, 0.3) is 0 Å². The van der Waals surface area contributed by atoms with E-state index in [4.69, 9.17) is 14.2 Å². The van der Waals surface area contributed by atoms with Gasteiger partial charge in [-0.25, -0.2) is 0 Å². The van der Waals surface area contributed by atoms with E-state index in [1.807, 2.05) is 0 Å². The molecule has 0 N–H and O–H groups in total. The summed E-state index contributed by atoms with van der Waals surface area (Å²) in [5, 5.41) is 0. The molecule has 1 atom stereocenters. The van der Waals surface area contributed by atoms with Crippen LogP contribution in [0.1, 0.15) is 278 Å². The third kappa shape index (κ3) is 51.9. The van der Waals surface area contributed by atoms with Crippen molar-refractivity contribution in [3.05, 3.63) is 60.8 Å². The summed E-state index contributed by atoms with van der Waals surface area (Å²) in [4.78, 5) is 38.1. The quantitative estimate of drug-likeness (QED) is 0.0199. The molecule has 0 bridgehead atoms. The zero-order valence-electron chi connectivity index (χ0n) is 43.0. The predicted molar refractivity (Wildman–Crippen MR) is 279 cm³/mol. The van der Waals surface area contributed by atoms with Crippen LogP contribution in [0, 0.1) is 0 Å². The molecule has 0 aromatic heterocycles. The normalized spacial score (nSPS) is 12.5. The van der Waals surface area contributed by atoms with E-state index in [0.29, 0.717) is 19.3 Å². The van der Waals surface area contributed by atoms with Crippen molar-refractivity contribution in [2.75, 3.05) is 13.2 Å². The van der Waals surface area contributed by atoms with E-state index in [0.717, 1.165) is 83.5 Å². The van der Waals surface area contributed by atoms with E-state index >= 15 is 0 Å². The van der Waals surface area contributed by atoms with Gasteiger partial charge in [0.05, 0.1) is 0 Å². The fraction of sp³-hybridized carbons (Fsp3) is 0.780. The topological polar surface area (TPSA) is 78.9 Å². The first-order chi connectivity index (χ1) is 32.0. The van der Waals surface area contributed by atoms with Crippen molar-refractivity contribution in [1.29, 1.82) is 0 Å². The lowest BCUT2D eigenvalue weighted by Crippen LogP contribution is -2.30. The smallest absolute Gasteiger partial charge is 0.306 e. The third-order valence-electron chi connectivity index (χ3n) is 12.1. The minimum atomic E-state index is -0.784. The Kier molecular flexibility index (Phi) is 51.3. The minimum absolute atomic E-state index is 0.0814. The van der Waals surface area contributed by atoms with Gasteiger partial charge in [0.1, 0.15) is 13.2 Å². The van der Waals surface area contributed by atoms with E-state index in [9.17, 15) is 14.4 Å². The summed E-state index contributed by atoms with van der Waals surface area (Å²) in [6.45, 7) is 6.59. The van der Waals surface area contributed by atoms with Crippen LogP contribution < -0.4 is 0 Å². The Labute approximate surface area is 402 Å². The number of allylic oxidation sites excluding steroid dienone is 10. The first-order valence-electron chi connectivity index (χ1n) is 27.8. The van der Waals surface area contributed by atoms with Crippen molar-refractivity contribution < 1.29 is 28.6 Å². The van der Waals surface area contributed by atoms with Crippen LogP contribution in [0.25, 0.3) is 0 Å². The van der Waals surface area contributed by atoms with E-state index in [-0.39, 0.29) is 31.1 Å². The molecular weight excluding hydrogens is 805 g/mol. The zero-order chi connectivity index (χ0) is 47.2. The second-order valence-corrected chi connectivity index (χ2v) is 18.6. The molecule has 0 aliphatic carbocycles. The van der Waals surface area contributed by atoms with Crippen LogP contribution in [-0.2, 0) is 28.6 Å². The number of ether oxygens (including phenoxy) is 3. The third-order valence-corrected chi connectivity index (χ3v) is 12.1. The lowest BCUT2D eigenvalue weighted by Gasteiger charge is -2.18. The summed E-state index contributed by atoms with van der Waals surface area (Å²) >= 11 is 0. The van der Waals surface area contributed by atoms with Crippen molar-refractivity contribution >= 4 is 17.9 Å². The maximum absolute atomic E-state index is 12.8. The fourth-order valence-electron chi connectivity index (χ4n) is 7.86. The van der Waals surface area contributed by atoms with Crippen molar-refractivity contribution in [3.8, 4) is 0 Å². The molecule has 0 amide bonds. The molecule has 65 heavy (non-hydrogen) atoms. The maximum Gasteiger partial charge on any atom is 0.306 e. The monoisotopic (exact) mass is 909 g/mol. The molecule has 0 radical (unpaired) electrons. The molecule has 0 aromatic carbocycles. The summed E-state index contributed by atoms with van der Waals surface area (Å²) < 4.78 is 16.8. The van der Waals surface area contributed by atoms with Crippen LogP contribution >= 0.6 is 0 Å². The molecule has 0 aliphatic rings. The highest BCUT2D eigenvalue weighted by molar-refractivity contribution is 5.71. The summed E-state index contributed by atoms with van der Waals surface area (Å²) in [6.07, 6.45) is 66.2. The average molecular weight is 909 g/mol. The van der Waals surface area contributed by atoms with Gasteiger partial charge in [-0.1, -0.05) is 248 Å². The predicted octanol–water partition coefficient (Wildman–Crippen LogP) is 18.4. The van der Waals surface area contributed by atoms with Crippen LogP contribution in [-0.4, -0.2) is 37.2 Å². The number of hydrogen-bond acceptors (Lipinski definition) is 6. The zero-order valence-corrected chi connectivity index (χ0v) is 43.0. The van der Waals surface area contributed by atoms with Crippen LogP contribution in [0.5, 0.6) is 0 Å². The molecule has 0 rings (SSSR count). The van der Waals surface area contributed by atoms with Gasteiger partial charge >= 0.3 is 17.9 Å². The Hall–Kier alpha value is -2.89. The molecule has 0 aliphatic heterocycles. The first-order valence-corrected chi connectivity index (χ1v) is 27.8. The highest BCUT2D eigenvalue weighted by atomic mass is 16.6. The molecule has 0 saturated carbocycles. The number of esters is 3. The van der Waals surface area contributed by atoms with Crippen molar-refractivity contribution in [3.63, 3.8) is 0 Å². The first kappa shape index (κ1) is 62.1. The van der Waals surface area contributed by atoms with E-state index in [1.165, 1.54) is 154 Å². The van der Waals surface area contributed by atoms with Crippen LogP contribution in [0.15, 0.2) is 60.8 Å². The standard InChI is InChI=1S/C59H104O6/c1-4-7-10-13-16-19-22-25-28-29-30-32-34-37-40-43-46-49-52-58(61)64-55-56(54-63-57(60)51-48-45-42-39-36-33-27-24-21-18-15-12-9-6-3)65-59(62)53-50-47-44-41-38-35-31-26-23-20-17-14-11-8-5-2/h16,19-20,22-23,25,28-30,32,56H,4-15,17-18,21,24,26-27,31,33-55H2,1-3H3/b19-16-,23-20-,25-22-,29-28-,32-30-. The van der Waals surface area contributed by atoms with E-state index < -0.39 is 6.10 Å². The Morgan fingerprint density at radius 2 is 0.569 bits per heavy atom. The van der Waals surface area contributed by atoms with Gasteiger partial charge in [-0.05, 0) is 70.6 Å². The molecule has 6 nitrogen and oxygen atoms in total. The van der Waals surface area contributed by atoms with Gasteiger partial charge in [-0.2, -0.15) is 0 Å². The van der Waals surface area contributed by atoms with Crippen molar-refractivity contribution in [2.24, 2.45) is 0 Å². The molecule has 0 fully saturated rings. The highest BCUT2D eigenvalue weighted by Gasteiger charge is 2.19. The summed E-state index contributed by atoms with van der Waals surface area (Å²) in [5.41, 5.74) is 0. The molecule has 376 valence electrons. The lowest BCUT2D eigenvalue weighted by molar-refractivity contribution is -0.167. The Morgan fingerprint density at radius 3 is 0.954 bits per heavy atom. The molecule has 0 saturated heterocycles. The number of hydrogen-bond donors (Lipinski definition) is 0. The van der Waals surface area contributed by atoms with Crippen molar-refractivity contribution in [2.45, 2.75) is 284 Å². The molecule has 0 heterocycles. The summed E-state index contributed by atoms with van der Waals surface area (Å²) in [6, 6.07) is 0. The number of carbonyl (C=O) groups excluding carboxylic acids is 3. The maximum atomic E-state index is 12.8. The summed E-state index contributed by atoms with van der Waals surface area (Å²) in [7, 11) is 0. The average Bonchev–Trinajstić information content (AvgIpc) is 3.30. The van der Waals surface area contributed by atoms with Crippen LogP contribution in [0.4, 0.5) is 0 Å². The van der Waals surface area contributed by atoms with Gasteiger partial charge in [0.2, 0.25) is 0 Å². The second-order valence-electron chi connectivity index (χ2n) is 18.6. The van der Waals surface area contributed by atoms with Crippen LogP contribution in [0.3, 0.4) is 0 Å². The number of rotatable bonds is 50. The molecule has 6 heteroatoms. The minimum Gasteiger partial charge on any atom is -0.462 e. The SMILES string of the molecule is CCCCC\C=C/C=C\C=C/C=C\CCCCCCCC(=O)OCC(COC(=O)CCCCCCCCCCCCCCCC)OC(=O)CCCCCCCCC/C=C\CCCCCC. The molecule has 0 spiro atoms. The largest absolute Gasteiger partial charge is 0.462 e. The van der Waals surface area contributed by atoms with E-state index in [1.54, 1.807) is 0 Å². The Bertz CT molecular complexity index is 1180. The lowest BCUT2D eigenvalue weighted by atomic mass is 10.0. The van der Waals surface area contributed by atoms with Gasteiger partial charge in [-0.15, -0.1) is 0 Å². The van der Waals surface area contributed by atoms with Gasteiger partial charge in [-0.3, -0.25) is 14.4 Å². The second kappa shape index (κ2) is 53.7.